The molecule has 1 heterocycles. The van der Waals surface area contributed by atoms with E-state index in [0.29, 0.717) is 16.9 Å². The van der Waals surface area contributed by atoms with Crippen LogP contribution in [-0.4, -0.2) is 16.8 Å². The minimum atomic E-state index is -0.106. The van der Waals surface area contributed by atoms with E-state index in [1.807, 2.05) is 13.8 Å². The zero-order valence-corrected chi connectivity index (χ0v) is 8.93. The first kappa shape index (κ1) is 10.7. The number of hydrogen-bond acceptors (Lipinski definition) is 3. The first-order valence-corrected chi connectivity index (χ1v) is 4.71. The summed E-state index contributed by atoms with van der Waals surface area (Å²) in [6.45, 7) is 4.43. The summed E-state index contributed by atoms with van der Waals surface area (Å²) in [6.07, 6.45) is -0.106. The van der Waals surface area contributed by atoms with Gasteiger partial charge in [0.05, 0.1) is 6.10 Å². The Morgan fingerprint density at radius 1 is 1.46 bits per heavy atom. The highest BCUT2D eigenvalue weighted by molar-refractivity contribution is 6.31. The summed E-state index contributed by atoms with van der Waals surface area (Å²) in [4.78, 5) is 0. The van der Waals surface area contributed by atoms with Gasteiger partial charge in [-0.1, -0.05) is 23.2 Å². The van der Waals surface area contributed by atoms with E-state index in [4.69, 9.17) is 27.9 Å². The van der Waals surface area contributed by atoms with Gasteiger partial charge in [-0.2, -0.15) is 0 Å². The monoisotopic (exact) mass is 220 g/mol. The van der Waals surface area contributed by atoms with Crippen LogP contribution < -0.4 is 0 Å². The largest absolute Gasteiger partial charge is 0.374 e. The molecule has 1 aromatic heterocycles. The lowest BCUT2D eigenvalue weighted by Gasteiger charge is -2.12. The topological polar surface area (TPSA) is 35.0 Å². The maximum atomic E-state index is 5.81. The Morgan fingerprint density at radius 3 is 2.77 bits per heavy atom. The molecule has 13 heavy (non-hydrogen) atoms. The molecular weight excluding hydrogens is 211 g/mol. The molecule has 0 aromatic carbocycles. The van der Waals surface area contributed by atoms with Gasteiger partial charge in [0.25, 0.3) is 0 Å². The maximum Gasteiger partial charge on any atom is 0.157 e. The third kappa shape index (κ3) is 2.79. The number of aromatic nitrogens is 2. The number of halogens is 2. The van der Waals surface area contributed by atoms with Gasteiger partial charge in [-0.15, -0.1) is 10.2 Å². The van der Waals surface area contributed by atoms with Gasteiger partial charge < -0.3 is 4.74 Å². The van der Waals surface area contributed by atoms with Crippen molar-refractivity contribution in [2.24, 2.45) is 0 Å². The van der Waals surface area contributed by atoms with Crippen molar-refractivity contribution in [1.29, 1.82) is 0 Å². The van der Waals surface area contributed by atoms with Crippen LogP contribution in [0.1, 0.15) is 25.5 Å². The Balaban J connectivity index is 2.91. The lowest BCUT2D eigenvalue weighted by atomic mass is 10.2. The van der Waals surface area contributed by atoms with Crippen molar-refractivity contribution in [3.05, 3.63) is 21.9 Å². The summed E-state index contributed by atoms with van der Waals surface area (Å²) in [5.74, 6) is 0. The molecule has 0 bridgehead atoms. The van der Waals surface area contributed by atoms with Gasteiger partial charge in [-0.25, -0.2) is 0 Å². The van der Waals surface area contributed by atoms with Gasteiger partial charge in [0.2, 0.25) is 0 Å². The molecule has 3 nitrogen and oxygen atoms in total. The number of ether oxygens (including phenoxy) is 1. The molecule has 1 rings (SSSR count). The van der Waals surface area contributed by atoms with Crippen molar-refractivity contribution in [3.8, 4) is 0 Å². The Hall–Kier alpha value is -0.380. The van der Waals surface area contributed by atoms with Crippen LogP contribution in [0.15, 0.2) is 6.07 Å². The lowest BCUT2D eigenvalue weighted by molar-refractivity contribution is 0.0761. The maximum absolute atomic E-state index is 5.81. The lowest BCUT2D eigenvalue weighted by Crippen LogP contribution is -2.02. The Bertz CT molecular complexity index is 293. The molecule has 1 atom stereocenters. The highest BCUT2D eigenvalue weighted by Crippen LogP contribution is 2.24. The number of hydrogen-bond donors (Lipinski definition) is 0. The average molecular weight is 221 g/mol. The molecule has 5 heteroatoms. The van der Waals surface area contributed by atoms with Gasteiger partial charge in [0, 0.05) is 12.2 Å². The normalized spacial score (nSPS) is 12.9. The predicted octanol–water partition coefficient (Wildman–Crippen LogP) is 2.88. The van der Waals surface area contributed by atoms with E-state index >= 15 is 0 Å². The van der Waals surface area contributed by atoms with E-state index < -0.39 is 0 Å². The standard InChI is InChI=1S/C8H10Cl2N2O/c1-3-13-5(2)6-4-7(9)11-12-8(6)10/h4-5H,3H2,1-2H3. The van der Waals surface area contributed by atoms with Crippen LogP contribution in [0, 0.1) is 0 Å². The van der Waals surface area contributed by atoms with Crippen molar-refractivity contribution in [2.75, 3.05) is 6.61 Å². The number of nitrogens with zero attached hydrogens (tertiary/aromatic N) is 2. The van der Waals surface area contributed by atoms with Crippen LogP contribution in [0.3, 0.4) is 0 Å². The van der Waals surface area contributed by atoms with Gasteiger partial charge >= 0.3 is 0 Å². The summed E-state index contributed by atoms with van der Waals surface area (Å²) in [6, 6.07) is 1.66. The summed E-state index contributed by atoms with van der Waals surface area (Å²) >= 11 is 11.5. The van der Waals surface area contributed by atoms with Crippen molar-refractivity contribution in [1.82, 2.24) is 10.2 Å². The van der Waals surface area contributed by atoms with Crippen LogP contribution in [0.2, 0.25) is 10.3 Å². The minimum Gasteiger partial charge on any atom is -0.374 e. The molecule has 0 saturated carbocycles. The van der Waals surface area contributed by atoms with Crippen molar-refractivity contribution in [2.45, 2.75) is 20.0 Å². The highest BCUT2D eigenvalue weighted by atomic mass is 35.5. The second-order valence-electron chi connectivity index (χ2n) is 2.51. The second-order valence-corrected chi connectivity index (χ2v) is 3.26. The minimum absolute atomic E-state index is 0.106. The van der Waals surface area contributed by atoms with Gasteiger partial charge in [-0.05, 0) is 19.9 Å². The fraction of sp³-hybridized carbons (Fsp3) is 0.500. The predicted molar refractivity (Wildman–Crippen MR) is 52.1 cm³/mol. The fourth-order valence-electron chi connectivity index (χ4n) is 0.991. The molecule has 0 N–H and O–H groups in total. The summed E-state index contributed by atoms with van der Waals surface area (Å²) < 4.78 is 5.35. The average Bonchev–Trinajstić information content (AvgIpc) is 2.09. The van der Waals surface area contributed by atoms with Gasteiger partial charge in [0.1, 0.15) is 0 Å². The molecule has 0 aliphatic heterocycles. The summed E-state index contributed by atoms with van der Waals surface area (Å²) in [7, 11) is 0. The molecule has 0 radical (unpaired) electrons. The van der Waals surface area contributed by atoms with Crippen molar-refractivity contribution in [3.63, 3.8) is 0 Å². The molecule has 72 valence electrons. The van der Waals surface area contributed by atoms with E-state index in [0.717, 1.165) is 5.56 Å². The first-order valence-electron chi connectivity index (χ1n) is 3.95. The quantitative estimate of drug-likeness (QED) is 0.787. The van der Waals surface area contributed by atoms with Crippen LogP contribution in [0.25, 0.3) is 0 Å². The fourth-order valence-corrected chi connectivity index (χ4v) is 1.39. The summed E-state index contributed by atoms with van der Waals surface area (Å²) in [5.41, 5.74) is 0.767. The van der Waals surface area contributed by atoms with Crippen molar-refractivity contribution < 1.29 is 4.74 Å². The van der Waals surface area contributed by atoms with Gasteiger partial charge in [-0.3, -0.25) is 0 Å². The Kier molecular flexibility index (Phi) is 3.90. The van der Waals surface area contributed by atoms with Crippen LogP contribution >= 0.6 is 23.2 Å². The molecule has 0 spiro atoms. The molecule has 0 saturated heterocycles. The SMILES string of the molecule is CCOC(C)c1cc(Cl)nnc1Cl. The zero-order chi connectivity index (χ0) is 9.84. The van der Waals surface area contributed by atoms with Crippen molar-refractivity contribution >= 4 is 23.2 Å². The molecule has 1 unspecified atom stereocenters. The third-order valence-electron chi connectivity index (χ3n) is 1.60. The smallest absolute Gasteiger partial charge is 0.157 e. The number of rotatable bonds is 3. The van der Waals surface area contributed by atoms with Gasteiger partial charge in [0.15, 0.2) is 10.3 Å². The summed E-state index contributed by atoms with van der Waals surface area (Å²) in [5, 5.41) is 7.96. The molecular formula is C8H10Cl2N2O. The van der Waals surface area contributed by atoms with Crippen LogP contribution in [0.5, 0.6) is 0 Å². The van der Waals surface area contributed by atoms with E-state index in [1.54, 1.807) is 6.07 Å². The zero-order valence-electron chi connectivity index (χ0n) is 7.42. The highest BCUT2D eigenvalue weighted by Gasteiger charge is 2.11. The van der Waals surface area contributed by atoms with E-state index in [2.05, 4.69) is 10.2 Å². The Morgan fingerprint density at radius 2 is 2.15 bits per heavy atom. The van der Waals surface area contributed by atoms with Crippen LogP contribution in [0.4, 0.5) is 0 Å². The van der Waals surface area contributed by atoms with E-state index in [1.165, 1.54) is 0 Å². The Labute approximate surface area is 87.0 Å². The first-order chi connectivity index (χ1) is 6.15. The van der Waals surface area contributed by atoms with Crippen LogP contribution in [-0.2, 0) is 4.74 Å². The molecule has 0 fully saturated rings. The van der Waals surface area contributed by atoms with E-state index in [9.17, 15) is 0 Å². The molecule has 0 aliphatic carbocycles. The molecule has 0 amide bonds. The van der Waals surface area contributed by atoms with E-state index in [-0.39, 0.29) is 6.10 Å². The molecule has 1 aromatic rings. The molecule has 0 aliphatic rings. The second kappa shape index (κ2) is 4.74. The third-order valence-corrected chi connectivity index (χ3v) is 2.08.